The Hall–Kier alpha value is -2.73. The largest absolute Gasteiger partial charge is 0.394 e. The minimum atomic E-state index is -2.71. The Morgan fingerprint density at radius 3 is 0.808 bits per heavy atom. The van der Waals surface area contributed by atoms with Gasteiger partial charge in [-0.15, -0.1) is 0 Å². The van der Waals surface area contributed by atoms with Gasteiger partial charge in [-0.25, -0.2) is 0 Å². The summed E-state index contributed by atoms with van der Waals surface area (Å²) in [6.45, 7) is -13.3. The van der Waals surface area contributed by atoms with Gasteiger partial charge in [0.05, 0.1) is 85.3 Å². The van der Waals surface area contributed by atoms with Crippen LogP contribution in [0.25, 0.3) is 0 Å². The molecule has 57 heteroatoms. The summed E-state index contributed by atoms with van der Waals surface area (Å²) in [6.07, 6.45) is -119. The molecule has 0 aromatic carbocycles. The average Bonchev–Trinajstić information content (AvgIpc) is 0.767. The lowest BCUT2D eigenvalue weighted by atomic mass is 9.95. The van der Waals surface area contributed by atoms with E-state index >= 15 is 0 Å². The van der Waals surface area contributed by atoms with Crippen molar-refractivity contribution in [1.29, 1.82) is 0 Å². The summed E-state index contributed by atoms with van der Waals surface area (Å²) >= 11 is 0. The fraction of sp³-hybridized carbons (Fsp3) is 0.985. The third-order valence-corrected chi connectivity index (χ3v) is 23.0. The Kier molecular flexibility index (Phi) is 38.4. The van der Waals surface area contributed by atoms with Crippen molar-refractivity contribution in [2.24, 2.45) is 0 Å². The molecule has 0 aromatic heterocycles. The molecule has 10 fully saturated rings. The van der Waals surface area contributed by atoms with Crippen LogP contribution in [-0.4, -0.2) is 595 Å². The zero-order valence-electron chi connectivity index (χ0n) is 65.9. The van der Waals surface area contributed by atoms with E-state index in [1.54, 1.807) is 0 Å². The maximum Gasteiger partial charge on any atom is 0.217 e. The molecule has 0 saturated carbocycles. The number of ether oxygens (including phenoxy) is 20. The quantitative estimate of drug-likeness (QED) is 0.0277. The van der Waals surface area contributed by atoms with Gasteiger partial charge in [-0.1, -0.05) is 0 Å². The molecule has 10 saturated heterocycles. The second kappa shape index (κ2) is 46.0. The lowest BCUT2D eigenvalue weighted by molar-refractivity contribution is -0.410. The number of carbonyl (C=O) groups is 1. The maximum atomic E-state index is 12.7. The van der Waals surface area contributed by atoms with Gasteiger partial charge >= 0.3 is 0 Å². The van der Waals surface area contributed by atoms with Gasteiger partial charge in [-0.3, -0.25) is 4.79 Å². The molecule has 0 radical (unpaired) electrons. The molecule has 10 aliphatic rings. The van der Waals surface area contributed by atoms with E-state index in [2.05, 4.69) is 5.32 Å². The number of aliphatic hydroxyl groups is 35. The van der Waals surface area contributed by atoms with Crippen molar-refractivity contribution in [1.82, 2.24) is 5.32 Å². The lowest BCUT2D eigenvalue weighted by Gasteiger charge is -2.50. The fourth-order valence-electron chi connectivity index (χ4n) is 15.6. The van der Waals surface area contributed by atoms with Gasteiger partial charge in [0.25, 0.3) is 0 Å². The SMILES string of the molecule is CC(=O)N[C@@H](CO)[C@@H](O)[C@H](O[C@@H]1O[C@H](CO[C@H]2O[C@H](CO[C@H]3O[C@H](CO)[C@@H](O)[C@H](O)[C@@H]3O[C@H]3O[C@H](CO)[C@@H](O)[C@H](O)[C@@H]3O)[C@@H](O)[C@H](O[C@H]3O[C@H](CO)[C@@H](O)[C@H](O)[C@@H]3O[C@H]3O[C@H](CO)[C@@H](O)[C@H](O)[C@@H]3O)[C@@H]2O)[C@@H](O)[C@H](O[C@H]2O[C@H](CO)[C@@H](O)[C@H](O)[C@@H]2O[C@H]2O[C@H](CO)[C@@H](O)[C@H](O)[C@@H]2O[C@H]2O[C@H](CO)[C@@H](O)[C@H](O[C@@H]3O[C@H](CO)[C@@H](O)[C@H](O)[C@H]3O)[C@@H]2O)[C@@H]1O)[C@H](O)CO. The average molecular weight is 1840 g/mol. The van der Waals surface area contributed by atoms with Crippen LogP contribution in [0.5, 0.6) is 0 Å². The molecule has 0 bridgehead atoms. The first-order valence-electron chi connectivity index (χ1n) is 39.6. The Bertz CT molecular complexity index is 3200. The monoisotopic (exact) mass is 1840 g/mol. The number of hydrogen-bond donors (Lipinski definition) is 36. The molecule has 10 heterocycles. The van der Waals surface area contributed by atoms with Gasteiger partial charge in [0, 0.05) is 6.92 Å². The van der Waals surface area contributed by atoms with E-state index in [0.717, 1.165) is 6.92 Å². The predicted molar refractivity (Wildman–Crippen MR) is 376 cm³/mol. The number of hydrogen-bond acceptors (Lipinski definition) is 56. The third kappa shape index (κ3) is 22.8. The second-order valence-electron chi connectivity index (χ2n) is 31.4. The number of aliphatic hydroxyl groups excluding tert-OH is 35. The Morgan fingerprint density at radius 2 is 0.488 bits per heavy atom. The third-order valence-electron chi connectivity index (χ3n) is 23.0. The summed E-state index contributed by atoms with van der Waals surface area (Å²) in [7, 11) is 0. The first-order valence-corrected chi connectivity index (χ1v) is 39.6. The first kappa shape index (κ1) is 104. The molecule has 54 atom stereocenters. The highest BCUT2D eigenvalue weighted by atomic mass is 16.8. The summed E-state index contributed by atoms with van der Waals surface area (Å²) in [5.41, 5.74) is 0. The number of amides is 1. The highest BCUT2D eigenvalue weighted by Crippen LogP contribution is 2.41. The summed E-state index contributed by atoms with van der Waals surface area (Å²) in [5, 5.41) is 389. The van der Waals surface area contributed by atoms with Crippen molar-refractivity contribution in [3.63, 3.8) is 0 Å². The van der Waals surface area contributed by atoms with E-state index in [1.807, 2.05) is 0 Å². The molecule has 730 valence electrons. The van der Waals surface area contributed by atoms with Gasteiger partial charge in [0.2, 0.25) is 5.91 Å². The standard InChI is InChI=1S/C68H117NO56/c1-14(80)69-15(2-70)27(82)51(16(81)3-71)118-64-50(105)54(121-67-58(44(99)34(89)22(9-77)114-67)125-68-57(43(98)33(88)23(10-78)115-68)124-63-49(104)52(35(90)24(11-79)111-63)119-60-45(100)38(93)28(83)17(4-72)108-60)37(92)26(117-64)12-106-59-48(103)53(120-66-56(42(97)32(87)21(8-76)113-66)123-62-47(102)40(95)30(85)19(6-74)110-62)36(91)25(116-59)13-107-65-55(41(96)31(86)20(7-75)112-65)122-61-46(101)39(94)29(84)18(5-73)109-61/h15-68,70-79,81-105H,2-13H2,1H3,(H,69,80)/t15-,16+,17+,18+,19+,20+,21+,22+,23+,24+,25+,26+,27+,28+,29+,30+,31+,32+,33+,34+,35+,36+,37+,38-,39-,40-,41-,42-,43-,44-,45+,46-,47-,48-,49-,50-,51+,52-,53-,54-,55-,56-,57-,58-,59-,60-,61+,62+,63+,64-,65-,66+,67+,68+/m0/s1. The first-order chi connectivity index (χ1) is 59.2. The maximum absolute atomic E-state index is 12.7. The summed E-state index contributed by atoms with van der Waals surface area (Å²) in [5.74, 6) is -0.931. The van der Waals surface area contributed by atoms with Crippen LogP contribution in [0, 0.1) is 0 Å². The predicted octanol–water partition coefficient (Wildman–Crippen LogP) is -25.2. The summed E-state index contributed by atoms with van der Waals surface area (Å²) in [4.78, 5) is 12.4. The van der Waals surface area contributed by atoms with Gasteiger partial charge < -0.3 is 279 Å². The van der Waals surface area contributed by atoms with Crippen LogP contribution in [0.2, 0.25) is 0 Å². The normalized spacial score (nSPS) is 50.0. The van der Waals surface area contributed by atoms with Crippen LogP contribution in [0.1, 0.15) is 6.92 Å². The van der Waals surface area contributed by atoms with Gasteiger partial charge in [0.15, 0.2) is 62.9 Å². The molecule has 57 nitrogen and oxygen atoms in total. The van der Waals surface area contributed by atoms with Gasteiger partial charge in [-0.2, -0.15) is 0 Å². The molecule has 0 spiro atoms. The van der Waals surface area contributed by atoms with Crippen LogP contribution in [0.15, 0.2) is 0 Å². The zero-order chi connectivity index (χ0) is 92.1. The molecule has 0 unspecified atom stereocenters. The summed E-state index contributed by atoms with van der Waals surface area (Å²) in [6, 6.07) is -1.84. The van der Waals surface area contributed by atoms with Crippen LogP contribution in [0.4, 0.5) is 0 Å². The van der Waals surface area contributed by atoms with Crippen LogP contribution in [0.3, 0.4) is 0 Å². The molecule has 1 amide bonds. The lowest BCUT2D eigenvalue weighted by Crippen LogP contribution is -2.69. The Labute approximate surface area is 705 Å². The number of carbonyl (C=O) groups excluding carboxylic acids is 1. The van der Waals surface area contributed by atoms with Crippen LogP contribution >= 0.6 is 0 Å². The van der Waals surface area contributed by atoms with E-state index in [1.165, 1.54) is 0 Å². The smallest absolute Gasteiger partial charge is 0.217 e. The topological polar surface area (TPSA) is 922 Å². The minimum Gasteiger partial charge on any atom is -0.394 e. The molecule has 0 aliphatic carbocycles. The molecule has 10 aliphatic heterocycles. The fourth-order valence-corrected chi connectivity index (χ4v) is 15.6. The van der Waals surface area contributed by atoms with E-state index in [0.29, 0.717) is 0 Å². The Morgan fingerprint density at radius 1 is 0.256 bits per heavy atom. The highest BCUT2D eigenvalue weighted by Gasteiger charge is 2.62. The molecule has 125 heavy (non-hydrogen) atoms. The van der Waals surface area contributed by atoms with E-state index < -0.39 is 417 Å². The molecular weight excluding hydrogens is 1730 g/mol. The van der Waals surface area contributed by atoms with Crippen molar-refractivity contribution in [3.05, 3.63) is 0 Å². The minimum absolute atomic E-state index is 0.916. The molecular formula is C68H117NO56. The van der Waals surface area contributed by atoms with E-state index in [9.17, 15) is 184 Å². The molecule has 36 N–H and O–H groups in total. The summed E-state index contributed by atoms with van der Waals surface area (Å²) < 4.78 is 117. The number of rotatable bonds is 36. The highest BCUT2D eigenvalue weighted by molar-refractivity contribution is 5.73. The molecule has 10 rings (SSSR count). The van der Waals surface area contributed by atoms with Crippen LogP contribution < -0.4 is 5.32 Å². The van der Waals surface area contributed by atoms with Gasteiger partial charge in [-0.05, 0) is 0 Å². The van der Waals surface area contributed by atoms with Crippen molar-refractivity contribution in [3.8, 4) is 0 Å². The second-order valence-corrected chi connectivity index (χ2v) is 31.4. The van der Waals surface area contributed by atoms with Gasteiger partial charge in [0.1, 0.15) is 262 Å². The van der Waals surface area contributed by atoms with Crippen molar-refractivity contribution >= 4 is 5.91 Å². The van der Waals surface area contributed by atoms with E-state index in [4.69, 9.17) is 94.7 Å². The zero-order valence-corrected chi connectivity index (χ0v) is 65.9. The van der Waals surface area contributed by atoms with Crippen LogP contribution in [-0.2, 0) is 99.5 Å². The molecule has 0 aromatic rings. The van der Waals surface area contributed by atoms with Crippen molar-refractivity contribution in [2.75, 3.05) is 79.3 Å². The number of nitrogens with one attached hydrogen (secondary N) is 1. The van der Waals surface area contributed by atoms with Crippen molar-refractivity contribution in [2.45, 2.75) is 338 Å². The van der Waals surface area contributed by atoms with E-state index in [-0.39, 0.29) is 0 Å². The van der Waals surface area contributed by atoms with Crippen molar-refractivity contribution < 1.29 is 278 Å². The Balaban J connectivity index is 1.000.